The van der Waals surface area contributed by atoms with Crippen molar-refractivity contribution in [3.8, 4) is 0 Å². The van der Waals surface area contributed by atoms with Crippen LogP contribution in [0, 0.1) is 11.8 Å². The molecule has 2 fully saturated rings. The van der Waals surface area contributed by atoms with Crippen molar-refractivity contribution in [2.75, 3.05) is 26.2 Å². The number of rotatable bonds is 7. The monoisotopic (exact) mass is 383 g/mol. The van der Waals surface area contributed by atoms with E-state index in [0.29, 0.717) is 24.8 Å². The van der Waals surface area contributed by atoms with E-state index >= 15 is 0 Å². The average Bonchev–Trinajstić information content (AvgIpc) is 3.28. The molecule has 1 N–H and O–H groups in total. The van der Waals surface area contributed by atoms with Gasteiger partial charge in [-0.3, -0.25) is 14.7 Å². The molecule has 0 spiro atoms. The fourth-order valence-electron chi connectivity index (χ4n) is 4.45. The Morgan fingerprint density at radius 1 is 1.43 bits per heavy atom. The second kappa shape index (κ2) is 8.84. The maximum absolute atomic E-state index is 12.3. The van der Waals surface area contributed by atoms with E-state index in [-0.39, 0.29) is 12.0 Å². The summed E-state index contributed by atoms with van der Waals surface area (Å²) < 4.78 is 7.94. The van der Waals surface area contributed by atoms with Gasteiger partial charge in [-0.1, -0.05) is 6.07 Å². The molecule has 2 aromatic heterocycles. The van der Waals surface area contributed by atoms with E-state index in [1.807, 2.05) is 36.3 Å². The highest BCUT2D eigenvalue weighted by atomic mass is 16.5. The number of carbonyl (C=O) groups is 1. The van der Waals surface area contributed by atoms with Gasteiger partial charge in [0.25, 0.3) is 0 Å². The molecule has 2 saturated heterocycles. The van der Waals surface area contributed by atoms with Gasteiger partial charge < -0.3 is 14.6 Å². The van der Waals surface area contributed by atoms with Gasteiger partial charge in [0.15, 0.2) is 0 Å². The lowest BCUT2D eigenvalue weighted by atomic mass is 9.83. The molecule has 1 amide bonds. The Hall–Kier alpha value is -2.25. The van der Waals surface area contributed by atoms with Crippen LogP contribution in [0.5, 0.6) is 0 Å². The number of nitrogens with one attached hydrogen (secondary N) is 1. The summed E-state index contributed by atoms with van der Waals surface area (Å²) in [5.41, 5.74) is 2.25. The van der Waals surface area contributed by atoms with Gasteiger partial charge in [-0.2, -0.15) is 0 Å². The zero-order valence-electron chi connectivity index (χ0n) is 16.5. The van der Waals surface area contributed by atoms with Crippen LogP contribution < -0.4 is 5.32 Å². The number of aromatic nitrogens is 3. The third-order valence-corrected chi connectivity index (χ3v) is 5.86. The van der Waals surface area contributed by atoms with Crippen LogP contribution in [-0.4, -0.2) is 57.7 Å². The molecule has 28 heavy (non-hydrogen) atoms. The summed E-state index contributed by atoms with van der Waals surface area (Å²) in [5, 5.41) is 3.02. The van der Waals surface area contributed by atoms with Crippen LogP contribution in [0.3, 0.4) is 0 Å². The van der Waals surface area contributed by atoms with Gasteiger partial charge in [-0.25, -0.2) is 4.98 Å². The highest BCUT2D eigenvalue weighted by molar-refractivity contribution is 5.76. The molecule has 4 rings (SSSR count). The summed E-state index contributed by atoms with van der Waals surface area (Å²) in [5.74, 6) is 1.10. The molecule has 0 radical (unpaired) electrons. The Labute approximate surface area is 166 Å². The molecule has 2 aromatic rings. The summed E-state index contributed by atoms with van der Waals surface area (Å²) in [7, 11) is 1.95. The molecule has 150 valence electrons. The number of nitrogens with zero attached hydrogens (tertiary/aromatic N) is 4. The van der Waals surface area contributed by atoms with Gasteiger partial charge in [-0.05, 0) is 30.5 Å². The molecule has 2 aliphatic rings. The van der Waals surface area contributed by atoms with Crippen molar-refractivity contribution in [2.24, 2.45) is 18.9 Å². The molecule has 2 aliphatic heterocycles. The van der Waals surface area contributed by atoms with Crippen LogP contribution in [0.1, 0.15) is 24.1 Å². The van der Waals surface area contributed by atoms with E-state index in [1.54, 1.807) is 6.33 Å². The third-order valence-electron chi connectivity index (χ3n) is 5.86. The number of hydrogen-bond donors (Lipinski definition) is 1. The number of pyridine rings is 1. The smallest absolute Gasteiger partial charge is 0.222 e. The summed E-state index contributed by atoms with van der Waals surface area (Å²) in [6.45, 7) is 4.42. The first-order valence-corrected chi connectivity index (χ1v) is 10.1. The van der Waals surface area contributed by atoms with Crippen LogP contribution in [-0.2, 0) is 29.5 Å². The largest absolute Gasteiger partial charge is 0.377 e. The number of likely N-dealkylation sites (tertiary alicyclic amines) is 1. The summed E-state index contributed by atoms with van der Waals surface area (Å²) in [4.78, 5) is 23.3. The summed E-state index contributed by atoms with van der Waals surface area (Å²) >= 11 is 0. The molecular weight excluding hydrogens is 354 g/mol. The van der Waals surface area contributed by atoms with Crippen LogP contribution in [0.15, 0.2) is 37.1 Å². The molecule has 3 atom stereocenters. The van der Waals surface area contributed by atoms with E-state index in [2.05, 4.69) is 26.3 Å². The Kier molecular flexibility index (Phi) is 6.02. The lowest BCUT2D eigenvalue weighted by Crippen LogP contribution is -2.42. The molecule has 4 heterocycles. The van der Waals surface area contributed by atoms with E-state index in [0.717, 1.165) is 44.8 Å². The first-order valence-electron chi connectivity index (χ1n) is 10.1. The minimum atomic E-state index is 0.0559. The van der Waals surface area contributed by atoms with Gasteiger partial charge in [0.05, 0.1) is 31.2 Å². The topological polar surface area (TPSA) is 72.3 Å². The maximum Gasteiger partial charge on any atom is 0.222 e. The lowest BCUT2D eigenvalue weighted by Gasteiger charge is -2.35. The summed E-state index contributed by atoms with van der Waals surface area (Å²) in [6.07, 6.45) is 9.89. The van der Waals surface area contributed by atoms with Crippen molar-refractivity contribution in [1.29, 1.82) is 0 Å². The SMILES string of the molecule is Cn1cnc(CCNC(=O)C[C@@H]2OC[C@H]3CN(Cc4cccnc4)CC[C@H]32)c1. The lowest BCUT2D eigenvalue weighted by molar-refractivity contribution is -0.123. The van der Waals surface area contributed by atoms with E-state index in [4.69, 9.17) is 4.74 Å². The first-order chi connectivity index (χ1) is 13.7. The van der Waals surface area contributed by atoms with Crippen LogP contribution in [0.4, 0.5) is 0 Å². The second-order valence-corrected chi connectivity index (χ2v) is 8.02. The molecule has 0 unspecified atom stereocenters. The molecular formula is C21H29N5O2. The number of ether oxygens (including phenoxy) is 1. The number of piperidine rings is 1. The van der Waals surface area contributed by atoms with Crippen LogP contribution in [0.2, 0.25) is 0 Å². The van der Waals surface area contributed by atoms with Crippen molar-refractivity contribution in [3.05, 3.63) is 48.3 Å². The zero-order chi connectivity index (χ0) is 19.3. The molecule has 7 heteroatoms. The molecule has 0 aromatic carbocycles. The van der Waals surface area contributed by atoms with Crippen molar-refractivity contribution >= 4 is 5.91 Å². The third kappa shape index (κ3) is 4.77. The maximum atomic E-state index is 12.3. The Balaban J connectivity index is 1.20. The average molecular weight is 383 g/mol. The van der Waals surface area contributed by atoms with Gasteiger partial charge in [-0.15, -0.1) is 0 Å². The van der Waals surface area contributed by atoms with Gasteiger partial charge in [0.1, 0.15) is 0 Å². The normalized spacial score (nSPS) is 24.8. The number of imidazole rings is 1. The number of hydrogen-bond acceptors (Lipinski definition) is 5. The van der Waals surface area contributed by atoms with E-state index < -0.39 is 0 Å². The molecule has 0 bridgehead atoms. The Morgan fingerprint density at radius 2 is 2.36 bits per heavy atom. The Morgan fingerprint density at radius 3 is 3.14 bits per heavy atom. The second-order valence-electron chi connectivity index (χ2n) is 8.02. The zero-order valence-corrected chi connectivity index (χ0v) is 16.5. The Bertz CT molecular complexity index is 778. The van der Waals surface area contributed by atoms with Crippen molar-refractivity contribution in [2.45, 2.75) is 31.9 Å². The fraction of sp³-hybridized carbons (Fsp3) is 0.571. The molecule has 0 saturated carbocycles. The van der Waals surface area contributed by atoms with Gasteiger partial charge >= 0.3 is 0 Å². The quantitative estimate of drug-likeness (QED) is 0.783. The standard InChI is InChI=1S/C21H29N5O2/c1-25-13-18(24-15-25)4-7-23-21(27)9-20-19-5-8-26(12-17(19)14-28-20)11-16-3-2-6-22-10-16/h2-3,6,10,13,15,17,19-20H,4-5,7-9,11-12,14H2,1H3,(H,23,27)/t17-,19-,20+/m1/s1. The minimum absolute atomic E-state index is 0.0559. The fourth-order valence-corrected chi connectivity index (χ4v) is 4.45. The highest BCUT2D eigenvalue weighted by Gasteiger charge is 2.41. The molecule has 7 nitrogen and oxygen atoms in total. The van der Waals surface area contributed by atoms with E-state index in [1.165, 1.54) is 5.56 Å². The highest BCUT2D eigenvalue weighted by Crippen LogP contribution is 2.36. The van der Waals surface area contributed by atoms with Gasteiger partial charge in [0, 0.05) is 57.6 Å². The predicted molar refractivity (Wildman–Crippen MR) is 105 cm³/mol. The summed E-state index contributed by atoms with van der Waals surface area (Å²) in [6, 6.07) is 4.12. The number of carbonyl (C=O) groups excluding carboxylic acids is 1. The number of aryl methyl sites for hydroxylation is 1. The van der Waals surface area contributed by atoms with E-state index in [9.17, 15) is 4.79 Å². The number of amides is 1. The minimum Gasteiger partial charge on any atom is -0.377 e. The first kappa shape index (κ1) is 19.1. The van der Waals surface area contributed by atoms with Crippen molar-refractivity contribution in [1.82, 2.24) is 24.8 Å². The molecule has 0 aliphatic carbocycles. The van der Waals surface area contributed by atoms with Gasteiger partial charge in [0.2, 0.25) is 5.91 Å². The number of fused-ring (bicyclic) bond motifs is 1. The van der Waals surface area contributed by atoms with Crippen LogP contribution in [0.25, 0.3) is 0 Å². The van der Waals surface area contributed by atoms with Crippen molar-refractivity contribution in [3.63, 3.8) is 0 Å². The predicted octanol–water partition coefficient (Wildman–Crippen LogP) is 1.40. The van der Waals surface area contributed by atoms with Crippen molar-refractivity contribution < 1.29 is 9.53 Å². The van der Waals surface area contributed by atoms with Crippen LogP contribution >= 0.6 is 0 Å².